The summed E-state index contributed by atoms with van der Waals surface area (Å²) in [4.78, 5) is 5.69. The van der Waals surface area contributed by atoms with Gasteiger partial charge in [-0.15, -0.1) is 0 Å². The number of nitrogens with one attached hydrogen (secondary N) is 2. The average Bonchev–Trinajstić information content (AvgIpc) is 2.85. The summed E-state index contributed by atoms with van der Waals surface area (Å²) in [5, 5.41) is 3.53. The van der Waals surface area contributed by atoms with Crippen molar-refractivity contribution >= 4 is 0 Å². The van der Waals surface area contributed by atoms with Gasteiger partial charge in [0.2, 0.25) is 0 Å². The highest BCUT2D eigenvalue weighted by molar-refractivity contribution is 5.02. The van der Waals surface area contributed by atoms with Crippen LogP contribution < -0.4 is 11.1 Å². The van der Waals surface area contributed by atoms with Crippen molar-refractivity contribution in [2.75, 3.05) is 32.7 Å². The van der Waals surface area contributed by atoms with Gasteiger partial charge in [-0.3, -0.25) is 0 Å². The van der Waals surface area contributed by atoms with E-state index in [0.717, 1.165) is 32.1 Å². The lowest BCUT2D eigenvalue weighted by Gasteiger charge is -2.31. The lowest BCUT2D eigenvalue weighted by molar-refractivity contribution is 0.186. The second-order valence-corrected chi connectivity index (χ2v) is 4.90. The van der Waals surface area contributed by atoms with Crippen LogP contribution in [0.3, 0.4) is 0 Å². The molecule has 4 N–H and O–H groups in total. The molecule has 4 nitrogen and oxygen atoms in total. The van der Waals surface area contributed by atoms with Gasteiger partial charge in [-0.1, -0.05) is 0 Å². The number of rotatable bonds is 6. The Kier molecular flexibility index (Phi) is 5.04. The number of nitrogens with two attached hydrogens (primary N) is 1. The van der Waals surface area contributed by atoms with Gasteiger partial charge in [0, 0.05) is 31.5 Å². The van der Waals surface area contributed by atoms with Gasteiger partial charge in [0.25, 0.3) is 0 Å². The van der Waals surface area contributed by atoms with Crippen LogP contribution in [0.15, 0.2) is 18.3 Å². The van der Waals surface area contributed by atoms with Crippen LogP contribution >= 0.6 is 0 Å². The van der Waals surface area contributed by atoms with E-state index in [1.54, 1.807) is 0 Å². The first kappa shape index (κ1) is 12.6. The summed E-state index contributed by atoms with van der Waals surface area (Å²) in [6.45, 7) is 6.36. The Balaban J connectivity index is 1.58. The van der Waals surface area contributed by atoms with Crippen LogP contribution in [0.2, 0.25) is 0 Å². The molecule has 2 rings (SSSR count). The molecule has 0 saturated carbocycles. The summed E-state index contributed by atoms with van der Waals surface area (Å²) < 4.78 is 0. The van der Waals surface area contributed by atoms with Crippen LogP contribution in [0, 0.1) is 5.92 Å². The Morgan fingerprint density at radius 3 is 2.88 bits per heavy atom. The summed E-state index contributed by atoms with van der Waals surface area (Å²) >= 11 is 0. The molecule has 96 valence electrons. The first-order chi connectivity index (χ1) is 8.38. The first-order valence-corrected chi connectivity index (χ1v) is 6.64. The van der Waals surface area contributed by atoms with Crippen molar-refractivity contribution in [3.8, 4) is 0 Å². The van der Waals surface area contributed by atoms with Gasteiger partial charge in [-0.2, -0.15) is 0 Å². The van der Waals surface area contributed by atoms with Crippen molar-refractivity contribution in [3.05, 3.63) is 24.0 Å². The average molecular weight is 236 g/mol. The fraction of sp³-hybridized carbons (Fsp3) is 0.692. The van der Waals surface area contributed by atoms with Gasteiger partial charge < -0.3 is 20.9 Å². The predicted molar refractivity (Wildman–Crippen MR) is 70.7 cm³/mol. The third kappa shape index (κ3) is 4.15. The number of aromatic nitrogens is 1. The molecule has 0 aliphatic carbocycles. The third-order valence-electron chi connectivity index (χ3n) is 3.56. The zero-order valence-corrected chi connectivity index (χ0v) is 10.5. The maximum Gasteiger partial charge on any atom is 0.0357 e. The smallest absolute Gasteiger partial charge is 0.0357 e. The Bertz CT molecular complexity index is 288. The summed E-state index contributed by atoms with van der Waals surface area (Å²) in [6.07, 6.45) is 4.58. The minimum Gasteiger partial charge on any atom is -0.364 e. The molecule has 0 atom stereocenters. The molecule has 0 spiro atoms. The molecule has 0 amide bonds. The van der Waals surface area contributed by atoms with E-state index in [-0.39, 0.29) is 0 Å². The van der Waals surface area contributed by atoms with E-state index < -0.39 is 0 Å². The van der Waals surface area contributed by atoms with Gasteiger partial charge in [-0.25, -0.2) is 0 Å². The number of hydrogen-bond acceptors (Lipinski definition) is 3. The summed E-state index contributed by atoms with van der Waals surface area (Å²) in [6, 6.07) is 4.17. The standard InChI is InChI=1S/C13H24N4/c14-5-9-17-7-3-12(4-8-17)10-15-11-13-2-1-6-16-13/h1-2,6,12,15-16H,3-5,7-11,14H2. The first-order valence-electron chi connectivity index (χ1n) is 6.64. The zero-order valence-electron chi connectivity index (χ0n) is 10.5. The molecule has 0 bridgehead atoms. The van der Waals surface area contributed by atoms with Crippen molar-refractivity contribution in [3.63, 3.8) is 0 Å². The largest absolute Gasteiger partial charge is 0.364 e. The summed E-state index contributed by atoms with van der Waals surface area (Å²) in [7, 11) is 0. The Labute approximate surface area is 104 Å². The molecule has 1 fully saturated rings. The van der Waals surface area contributed by atoms with Gasteiger partial charge in [0.1, 0.15) is 0 Å². The van der Waals surface area contributed by atoms with E-state index in [2.05, 4.69) is 21.3 Å². The minimum atomic E-state index is 0.787. The van der Waals surface area contributed by atoms with Gasteiger partial charge in [0.15, 0.2) is 0 Å². The second-order valence-electron chi connectivity index (χ2n) is 4.90. The van der Waals surface area contributed by atoms with E-state index in [0.29, 0.717) is 0 Å². The fourth-order valence-corrected chi connectivity index (χ4v) is 2.49. The van der Waals surface area contributed by atoms with Gasteiger partial charge in [-0.05, 0) is 50.5 Å². The lowest BCUT2D eigenvalue weighted by atomic mass is 9.97. The maximum atomic E-state index is 5.57. The van der Waals surface area contributed by atoms with Crippen LogP contribution in [0.25, 0.3) is 0 Å². The predicted octanol–water partition coefficient (Wildman–Crippen LogP) is 0.775. The topological polar surface area (TPSA) is 57.1 Å². The SMILES string of the molecule is NCCN1CCC(CNCc2ccc[nH]2)CC1. The van der Waals surface area contributed by atoms with Crippen molar-refractivity contribution < 1.29 is 0 Å². The summed E-state index contributed by atoms with van der Waals surface area (Å²) in [5.74, 6) is 0.832. The normalized spacial score (nSPS) is 18.6. The van der Waals surface area contributed by atoms with Crippen LogP contribution in [0.1, 0.15) is 18.5 Å². The zero-order chi connectivity index (χ0) is 11.9. The Morgan fingerprint density at radius 1 is 1.41 bits per heavy atom. The Hall–Kier alpha value is -0.840. The van der Waals surface area contributed by atoms with E-state index in [4.69, 9.17) is 5.73 Å². The molecule has 0 aromatic carbocycles. The Morgan fingerprint density at radius 2 is 2.24 bits per heavy atom. The third-order valence-corrected chi connectivity index (χ3v) is 3.56. The van der Waals surface area contributed by atoms with Crippen molar-refractivity contribution in [2.24, 2.45) is 11.7 Å². The molecule has 1 aromatic heterocycles. The van der Waals surface area contributed by atoms with Crippen LogP contribution in [0.4, 0.5) is 0 Å². The molecule has 1 aliphatic heterocycles. The molecule has 1 aromatic rings. The number of aromatic amines is 1. The van der Waals surface area contributed by atoms with Crippen LogP contribution in [-0.2, 0) is 6.54 Å². The van der Waals surface area contributed by atoms with Crippen LogP contribution in [0.5, 0.6) is 0 Å². The quantitative estimate of drug-likeness (QED) is 0.684. The summed E-state index contributed by atoms with van der Waals surface area (Å²) in [5.41, 5.74) is 6.84. The monoisotopic (exact) mass is 236 g/mol. The van der Waals surface area contributed by atoms with Crippen molar-refractivity contribution in [1.82, 2.24) is 15.2 Å². The number of nitrogens with zero attached hydrogens (tertiary/aromatic N) is 1. The lowest BCUT2D eigenvalue weighted by Crippen LogP contribution is -2.39. The number of H-pyrrole nitrogens is 1. The molecule has 2 heterocycles. The highest BCUT2D eigenvalue weighted by Gasteiger charge is 2.17. The highest BCUT2D eigenvalue weighted by Crippen LogP contribution is 2.15. The highest BCUT2D eigenvalue weighted by atomic mass is 15.1. The minimum absolute atomic E-state index is 0.787. The second kappa shape index (κ2) is 6.79. The van der Waals surface area contributed by atoms with Gasteiger partial charge in [0.05, 0.1) is 0 Å². The molecule has 0 unspecified atom stereocenters. The molecule has 1 saturated heterocycles. The number of likely N-dealkylation sites (tertiary alicyclic amines) is 1. The van der Waals surface area contributed by atoms with E-state index in [9.17, 15) is 0 Å². The molecular formula is C13H24N4. The van der Waals surface area contributed by atoms with E-state index >= 15 is 0 Å². The van der Waals surface area contributed by atoms with Gasteiger partial charge >= 0.3 is 0 Å². The molecule has 4 heteroatoms. The number of piperidine rings is 1. The molecular weight excluding hydrogens is 212 g/mol. The fourth-order valence-electron chi connectivity index (χ4n) is 2.49. The molecule has 17 heavy (non-hydrogen) atoms. The van der Waals surface area contributed by atoms with E-state index in [1.807, 2.05) is 12.3 Å². The van der Waals surface area contributed by atoms with Crippen LogP contribution in [-0.4, -0.2) is 42.6 Å². The van der Waals surface area contributed by atoms with Crippen molar-refractivity contribution in [1.29, 1.82) is 0 Å². The van der Waals surface area contributed by atoms with E-state index in [1.165, 1.54) is 31.6 Å². The molecule has 1 aliphatic rings. The van der Waals surface area contributed by atoms with Crippen molar-refractivity contribution in [2.45, 2.75) is 19.4 Å². The number of hydrogen-bond donors (Lipinski definition) is 3. The molecule has 0 radical (unpaired) electrons. The maximum absolute atomic E-state index is 5.57.